The van der Waals surface area contributed by atoms with Gasteiger partial charge in [0.15, 0.2) is 0 Å². The normalized spacial score (nSPS) is 14.8. The maximum atomic E-state index is 14.0. The molecule has 0 spiro atoms. The summed E-state index contributed by atoms with van der Waals surface area (Å²) in [5.41, 5.74) is 3.62. The number of aliphatic hydroxyl groups excluding tert-OH is 1. The number of carboxylic acids is 1. The number of hydrogen-bond acceptors (Lipinski definition) is 5. The number of halogens is 1. The maximum absolute atomic E-state index is 14.0. The minimum absolute atomic E-state index is 0.0198. The number of sulfonamides is 1. The second-order valence-corrected chi connectivity index (χ2v) is 13.4. The van der Waals surface area contributed by atoms with Crippen LogP contribution in [0.4, 0.5) is 4.39 Å². The number of benzene rings is 3. The highest BCUT2D eigenvalue weighted by Crippen LogP contribution is 2.32. The van der Waals surface area contributed by atoms with Gasteiger partial charge in [0.1, 0.15) is 5.82 Å². The van der Waals surface area contributed by atoms with Crippen LogP contribution < -0.4 is 5.32 Å². The van der Waals surface area contributed by atoms with Gasteiger partial charge in [-0.05, 0) is 91.1 Å². The molecule has 0 aliphatic heterocycles. The molecule has 4 rings (SSSR count). The second-order valence-electron chi connectivity index (χ2n) is 11.4. The van der Waals surface area contributed by atoms with E-state index < -0.39 is 34.3 Å². The summed E-state index contributed by atoms with van der Waals surface area (Å²) in [5, 5.41) is 23.2. The zero-order chi connectivity index (χ0) is 29.1. The summed E-state index contributed by atoms with van der Waals surface area (Å²) in [6.45, 7) is 4.36. The van der Waals surface area contributed by atoms with E-state index in [4.69, 9.17) is 5.11 Å². The summed E-state index contributed by atoms with van der Waals surface area (Å²) in [4.78, 5) is 11.1. The van der Waals surface area contributed by atoms with Crippen LogP contribution in [0.2, 0.25) is 0 Å². The molecule has 0 amide bonds. The molecule has 0 saturated heterocycles. The number of β-amino-alcohol motifs (C(OH)–C–C–N with tert-alkyl or cyclic N) is 1. The van der Waals surface area contributed by atoms with Crippen molar-refractivity contribution in [2.24, 2.45) is 5.92 Å². The van der Waals surface area contributed by atoms with Gasteiger partial charge in [-0.15, -0.1) is 0 Å². The van der Waals surface area contributed by atoms with Gasteiger partial charge in [0.2, 0.25) is 10.0 Å². The van der Waals surface area contributed by atoms with Crippen molar-refractivity contribution >= 4 is 16.0 Å². The van der Waals surface area contributed by atoms with Gasteiger partial charge in [-0.3, -0.25) is 4.79 Å². The van der Waals surface area contributed by atoms with E-state index in [0.717, 1.165) is 23.6 Å². The predicted octanol–water partition coefficient (Wildman–Crippen LogP) is 4.27. The van der Waals surface area contributed by atoms with Gasteiger partial charge < -0.3 is 15.5 Å². The van der Waals surface area contributed by atoms with Gasteiger partial charge in [0.05, 0.1) is 17.4 Å². The van der Waals surface area contributed by atoms with Crippen LogP contribution in [0.3, 0.4) is 0 Å². The zero-order valence-electron chi connectivity index (χ0n) is 23.1. The topological polar surface area (TPSA) is 107 Å². The average Bonchev–Trinajstić information content (AvgIpc) is 3.30. The highest BCUT2D eigenvalue weighted by Gasteiger charge is 2.29. The van der Waals surface area contributed by atoms with Crippen molar-refractivity contribution in [2.75, 3.05) is 20.1 Å². The van der Waals surface area contributed by atoms with Crippen LogP contribution in [0.15, 0.2) is 71.6 Å². The Bertz CT molecular complexity index is 1450. The standard InChI is InChI=1S/C31H37FN2O5S/c1-31(2,18-21-13-22-7-4-5-8-23(22)14-21)33-19-27(35)20-34(3)40(38,39)28-10-6-9-24(16-28)25-11-12-29(32)26(15-25)17-30(36)37/h4-12,15-16,21,27,33,35H,13-14,17-20H2,1-3H3,(H,36,37)/t27-/m1/s1. The molecule has 0 bridgehead atoms. The molecule has 3 aromatic carbocycles. The first-order chi connectivity index (χ1) is 18.8. The van der Waals surface area contributed by atoms with Crippen LogP contribution in [0.25, 0.3) is 11.1 Å². The van der Waals surface area contributed by atoms with Crippen molar-refractivity contribution in [2.45, 2.75) is 56.1 Å². The lowest BCUT2D eigenvalue weighted by atomic mass is 9.88. The first kappa shape index (κ1) is 29.9. The number of hydrogen-bond donors (Lipinski definition) is 3. The predicted molar refractivity (Wildman–Crippen MR) is 153 cm³/mol. The third kappa shape index (κ3) is 7.34. The molecule has 214 valence electrons. The van der Waals surface area contributed by atoms with Gasteiger partial charge in [-0.2, -0.15) is 4.31 Å². The summed E-state index contributed by atoms with van der Waals surface area (Å²) in [5.74, 6) is -1.27. The van der Waals surface area contributed by atoms with Crippen LogP contribution in [-0.2, 0) is 34.1 Å². The van der Waals surface area contributed by atoms with Crippen LogP contribution in [0.1, 0.15) is 37.0 Å². The molecule has 0 unspecified atom stereocenters. The van der Waals surface area contributed by atoms with E-state index in [1.165, 1.54) is 48.5 Å². The largest absolute Gasteiger partial charge is 0.481 e. The van der Waals surface area contributed by atoms with Gasteiger partial charge in [-0.25, -0.2) is 12.8 Å². The number of aliphatic hydroxyl groups is 1. The second kappa shape index (κ2) is 12.2. The minimum atomic E-state index is -3.93. The maximum Gasteiger partial charge on any atom is 0.307 e. The van der Waals surface area contributed by atoms with E-state index >= 15 is 0 Å². The SMILES string of the molecule is CN(C[C@H](O)CNC(C)(C)CC1Cc2ccccc2C1)S(=O)(=O)c1cccc(-c2ccc(F)c(CC(=O)O)c2)c1. The molecule has 7 nitrogen and oxygen atoms in total. The van der Waals surface area contributed by atoms with Crippen LogP contribution >= 0.6 is 0 Å². The first-order valence-corrected chi connectivity index (χ1v) is 14.8. The number of nitrogens with one attached hydrogen (secondary N) is 1. The number of rotatable bonds is 12. The summed E-state index contributed by atoms with van der Waals surface area (Å²) >= 11 is 0. The van der Waals surface area contributed by atoms with Crippen molar-refractivity contribution < 1.29 is 27.8 Å². The van der Waals surface area contributed by atoms with Crippen molar-refractivity contribution in [3.63, 3.8) is 0 Å². The Morgan fingerprint density at radius 1 is 1.05 bits per heavy atom. The number of nitrogens with zero attached hydrogens (tertiary/aromatic N) is 1. The van der Waals surface area contributed by atoms with E-state index in [-0.39, 0.29) is 29.1 Å². The Labute approximate surface area is 235 Å². The van der Waals surface area contributed by atoms with E-state index in [0.29, 0.717) is 17.0 Å². The average molecular weight is 569 g/mol. The molecular formula is C31H37FN2O5S. The number of carboxylic acid groups (broad SMARTS) is 1. The molecule has 1 aliphatic rings. The molecule has 0 radical (unpaired) electrons. The van der Waals surface area contributed by atoms with Crippen molar-refractivity contribution in [1.29, 1.82) is 0 Å². The molecule has 0 aromatic heterocycles. The first-order valence-electron chi connectivity index (χ1n) is 13.4. The van der Waals surface area contributed by atoms with Gasteiger partial charge in [-0.1, -0.05) is 42.5 Å². The van der Waals surface area contributed by atoms with Crippen LogP contribution in [0, 0.1) is 11.7 Å². The molecule has 3 N–H and O–H groups in total. The van der Waals surface area contributed by atoms with Gasteiger partial charge >= 0.3 is 5.97 Å². The molecule has 1 aliphatic carbocycles. The van der Waals surface area contributed by atoms with E-state index in [1.807, 2.05) is 0 Å². The Hall–Kier alpha value is -3.11. The fourth-order valence-electron chi connectivity index (χ4n) is 5.51. The number of likely N-dealkylation sites (N-methyl/N-ethyl adjacent to an activating group) is 1. The highest BCUT2D eigenvalue weighted by molar-refractivity contribution is 7.89. The molecule has 1 atom stereocenters. The molecule has 3 aromatic rings. The van der Waals surface area contributed by atoms with Crippen molar-refractivity contribution in [1.82, 2.24) is 9.62 Å². The Kier molecular flexibility index (Phi) is 9.09. The van der Waals surface area contributed by atoms with Crippen LogP contribution in [0.5, 0.6) is 0 Å². The van der Waals surface area contributed by atoms with Crippen LogP contribution in [-0.4, -0.2) is 60.7 Å². The fourth-order valence-corrected chi connectivity index (χ4v) is 6.77. The van der Waals surface area contributed by atoms with Crippen molar-refractivity contribution in [3.05, 3.63) is 89.2 Å². The Morgan fingerprint density at radius 3 is 2.35 bits per heavy atom. The molecule has 0 heterocycles. The number of carbonyl (C=O) groups is 1. The lowest BCUT2D eigenvalue weighted by molar-refractivity contribution is -0.136. The van der Waals surface area contributed by atoms with E-state index in [1.54, 1.807) is 12.1 Å². The summed E-state index contributed by atoms with van der Waals surface area (Å²) in [6.07, 6.45) is 1.63. The molecular weight excluding hydrogens is 531 g/mol. The number of fused-ring (bicyclic) bond motifs is 1. The van der Waals surface area contributed by atoms with Crippen molar-refractivity contribution in [3.8, 4) is 11.1 Å². The quantitative estimate of drug-likeness (QED) is 0.301. The van der Waals surface area contributed by atoms with E-state index in [2.05, 4.69) is 43.4 Å². The third-order valence-corrected chi connectivity index (χ3v) is 9.30. The monoisotopic (exact) mass is 568 g/mol. The smallest absolute Gasteiger partial charge is 0.307 e. The summed E-state index contributed by atoms with van der Waals surface area (Å²) < 4.78 is 41.8. The highest BCUT2D eigenvalue weighted by atomic mass is 32.2. The van der Waals surface area contributed by atoms with E-state index in [9.17, 15) is 22.7 Å². The Balaban J connectivity index is 1.36. The molecule has 0 saturated carbocycles. The Morgan fingerprint density at radius 2 is 1.70 bits per heavy atom. The molecule has 9 heteroatoms. The third-order valence-electron chi connectivity index (χ3n) is 7.48. The molecule has 40 heavy (non-hydrogen) atoms. The lowest BCUT2D eigenvalue weighted by Gasteiger charge is -2.31. The number of aliphatic carboxylic acids is 1. The molecule has 0 fully saturated rings. The van der Waals surface area contributed by atoms with Gasteiger partial charge in [0.25, 0.3) is 0 Å². The lowest BCUT2D eigenvalue weighted by Crippen LogP contribution is -2.47. The zero-order valence-corrected chi connectivity index (χ0v) is 23.9. The van der Waals surface area contributed by atoms with Gasteiger partial charge in [0, 0.05) is 25.7 Å². The summed E-state index contributed by atoms with van der Waals surface area (Å²) in [7, 11) is -2.50. The fraction of sp³-hybridized carbons (Fsp3) is 0.387. The minimum Gasteiger partial charge on any atom is -0.481 e. The summed E-state index contributed by atoms with van der Waals surface area (Å²) in [6, 6.07) is 18.8.